The number of benzene rings is 3. The van der Waals surface area contributed by atoms with Crippen molar-refractivity contribution < 1.29 is 63.8 Å². The molecule has 3 aromatic rings. The maximum Gasteiger partial charge on any atom is 0.303 e. The molecule has 2 aliphatic rings. The molecule has 0 spiro atoms. The summed E-state index contributed by atoms with van der Waals surface area (Å²) < 4.78 is 87.0. The number of rotatable bonds is 35. The molecule has 0 fully saturated rings. The lowest BCUT2D eigenvalue weighted by molar-refractivity contribution is -0.137. The zero-order valence-corrected chi connectivity index (χ0v) is 44.9. The number of carboxylic acid groups (broad SMARTS) is 1. The van der Waals surface area contributed by atoms with Gasteiger partial charge in [-0.25, -0.2) is 0 Å². The van der Waals surface area contributed by atoms with Gasteiger partial charge in [0.25, 0.3) is 10.1 Å². The van der Waals surface area contributed by atoms with E-state index in [4.69, 9.17) is 41.0 Å². The van der Waals surface area contributed by atoms with Crippen molar-refractivity contribution in [3.05, 3.63) is 113 Å². The van der Waals surface area contributed by atoms with Crippen molar-refractivity contribution in [3.63, 3.8) is 0 Å². The number of allylic oxidation sites excluding steroid dienone is 6. The van der Waals surface area contributed by atoms with Gasteiger partial charge in [-0.05, 0) is 78.4 Å². The summed E-state index contributed by atoms with van der Waals surface area (Å²) in [6.45, 7) is 14.9. The van der Waals surface area contributed by atoms with Crippen molar-refractivity contribution in [2.45, 2.75) is 56.8 Å². The van der Waals surface area contributed by atoms with Gasteiger partial charge in [0, 0.05) is 74.4 Å². The highest BCUT2D eigenvalue weighted by molar-refractivity contribution is 14.2. The van der Waals surface area contributed by atoms with E-state index in [1.807, 2.05) is 38.1 Å². The van der Waals surface area contributed by atoms with Crippen molar-refractivity contribution >= 4 is 57.7 Å². The summed E-state index contributed by atoms with van der Waals surface area (Å²) in [6.07, 6.45) is 8.36. The number of nitrogens with zero attached hydrogens (tertiary/aromatic N) is 2. The van der Waals surface area contributed by atoms with Gasteiger partial charge in [-0.1, -0.05) is 62.8 Å². The van der Waals surface area contributed by atoms with Gasteiger partial charge in [0.2, 0.25) is 0 Å². The Morgan fingerprint density at radius 1 is 0.746 bits per heavy atom. The molecule has 71 heavy (non-hydrogen) atoms. The monoisotopic (exact) mass is 1120 g/mol. The molecule has 0 unspecified atom stereocenters. The Balaban J connectivity index is 1.39. The number of aliphatic carboxylic acids is 1. The summed E-state index contributed by atoms with van der Waals surface area (Å²) in [5, 5.41) is 9.22. The molecule has 0 saturated heterocycles. The van der Waals surface area contributed by atoms with Crippen LogP contribution in [0.15, 0.2) is 101 Å². The Bertz CT molecular complexity index is 2330. The highest BCUT2D eigenvalue weighted by Gasteiger charge is 2.40. The molecule has 0 radical (unpaired) electrons. The summed E-state index contributed by atoms with van der Waals surface area (Å²) in [6, 6.07) is 21.4. The maximum atomic E-state index is 12.3. The molecular weight excluding hydrogens is 1050 g/mol. The van der Waals surface area contributed by atoms with Crippen LogP contribution in [-0.2, 0) is 58.2 Å². The lowest BCUT2D eigenvalue weighted by atomic mass is 9.83. The van der Waals surface area contributed by atoms with Crippen molar-refractivity contribution in [3.8, 4) is 5.75 Å². The van der Waals surface area contributed by atoms with Gasteiger partial charge in [-0.2, -0.15) is 8.42 Å². The summed E-state index contributed by atoms with van der Waals surface area (Å²) >= 11 is -0.940. The highest BCUT2D eigenvalue weighted by Crippen LogP contribution is 2.49. The Morgan fingerprint density at radius 3 is 1.89 bits per heavy atom. The van der Waals surface area contributed by atoms with Crippen molar-refractivity contribution in [2.75, 3.05) is 136 Å². The van der Waals surface area contributed by atoms with Gasteiger partial charge in [0.15, 0.2) is 0 Å². The maximum absolute atomic E-state index is 12.3. The fraction of sp³-hybridized carbons (Fsp3) is 0.509. The molecule has 392 valence electrons. The number of carboxylic acids is 1. The van der Waals surface area contributed by atoms with E-state index in [9.17, 15) is 22.9 Å². The van der Waals surface area contributed by atoms with Gasteiger partial charge >= 0.3 is 5.97 Å². The second-order valence-corrected chi connectivity index (χ2v) is 20.6. The largest absolute Gasteiger partial charge is 0.481 e. The van der Waals surface area contributed by atoms with E-state index in [0.717, 1.165) is 67.0 Å². The van der Waals surface area contributed by atoms with Gasteiger partial charge in [0.05, 0.1) is 101 Å². The number of methoxy groups -OCH3 is 2. The van der Waals surface area contributed by atoms with Crippen LogP contribution < -0.4 is 12.9 Å². The van der Waals surface area contributed by atoms with Crippen LogP contribution in [0.2, 0.25) is 0 Å². The Kier molecular flexibility index (Phi) is 25.1. The first-order chi connectivity index (χ1) is 34.4. The van der Waals surface area contributed by atoms with Gasteiger partial charge in [0.1, 0.15) is 26.9 Å². The smallest absolute Gasteiger partial charge is 0.303 e. The normalized spacial score (nSPS) is 15.1. The number of fused-ring (bicyclic) bond motifs is 2. The first-order valence-corrected chi connectivity index (χ1v) is 27.6. The average Bonchev–Trinajstić information content (AvgIpc) is 3.46. The standard InChI is InChI=1S/C53H73IN2O14S/c1-41-45(15-12-16-50-53(2,3)47-40-44(71(59,60)61)19-21-48(47)56(50)22-11-7-10-17-51(57)58)46-20-18-43(39-49(46)70-54-52(41)42-13-8-6-9-14-42)55(23-25-64-31-33-68-37-35-66-29-27-62-4)24-26-65-32-34-69-38-36-67-30-28-63-5/h6,8-9,12-16,18-21,39-40H,7,10-11,17,22-38H2,1-5H3,(H,57,58)(H,59,60,61)/b15-12+,50-16-. The van der Waals surface area contributed by atoms with Crippen LogP contribution in [0.4, 0.5) is 11.4 Å². The average molecular weight is 1120 g/mol. The van der Waals surface area contributed by atoms with Gasteiger partial charge < -0.3 is 55.9 Å². The number of halogens is 1. The van der Waals surface area contributed by atoms with Crippen molar-refractivity contribution in [2.24, 2.45) is 0 Å². The third-order valence-electron chi connectivity index (χ3n) is 11.9. The molecule has 2 heterocycles. The molecule has 0 bridgehead atoms. The fourth-order valence-electron chi connectivity index (χ4n) is 8.11. The molecule has 5 rings (SSSR count). The molecular formula is C53H73IN2O14S. The van der Waals surface area contributed by atoms with E-state index in [1.165, 1.54) is 6.07 Å². The zero-order chi connectivity index (χ0) is 50.9. The molecule has 3 aromatic carbocycles. The summed E-state index contributed by atoms with van der Waals surface area (Å²) in [5.41, 5.74) is 7.08. The van der Waals surface area contributed by atoms with Gasteiger partial charge in [-0.3, -0.25) is 9.35 Å². The van der Waals surface area contributed by atoms with Crippen molar-refractivity contribution in [1.82, 2.24) is 0 Å². The number of hydrogen-bond donors (Lipinski definition) is 2. The molecule has 2 aliphatic heterocycles. The van der Waals surface area contributed by atoms with E-state index < -0.39 is 42.6 Å². The van der Waals surface area contributed by atoms with Crippen LogP contribution in [0.5, 0.6) is 5.75 Å². The summed E-state index contributed by atoms with van der Waals surface area (Å²) in [5.74, 6) is -0.0468. The van der Waals surface area contributed by atoms with E-state index in [2.05, 4.69) is 59.2 Å². The predicted octanol–water partition coefficient (Wildman–Crippen LogP) is 8.29. The molecule has 0 atom stereocenters. The van der Waals surface area contributed by atoms with E-state index in [-0.39, 0.29) is 11.3 Å². The molecule has 2 N–H and O–H groups in total. The van der Waals surface area contributed by atoms with Crippen LogP contribution in [0.1, 0.15) is 63.1 Å². The van der Waals surface area contributed by atoms with E-state index >= 15 is 0 Å². The number of ether oxygens (including phenoxy) is 8. The molecule has 0 aliphatic carbocycles. The van der Waals surface area contributed by atoms with E-state index in [1.54, 1.807) is 26.4 Å². The highest BCUT2D eigenvalue weighted by atomic mass is 127. The molecule has 0 amide bonds. The summed E-state index contributed by atoms with van der Waals surface area (Å²) in [7, 11) is -1.15. The minimum absolute atomic E-state index is 0.102. The summed E-state index contributed by atoms with van der Waals surface area (Å²) in [4.78, 5) is 15.5. The molecule has 16 nitrogen and oxygen atoms in total. The predicted molar refractivity (Wildman–Crippen MR) is 285 cm³/mol. The first-order valence-electron chi connectivity index (χ1n) is 24.2. The molecule has 0 aromatic heterocycles. The number of unbranched alkanes of at least 4 members (excludes halogenated alkanes) is 2. The number of carbonyl (C=O) groups is 1. The quantitative estimate of drug-likeness (QED) is 0.0326. The lowest BCUT2D eigenvalue weighted by Gasteiger charge is -2.27. The second-order valence-electron chi connectivity index (χ2n) is 17.2. The second kappa shape index (κ2) is 30.9. The topological polar surface area (TPSA) is 181 Å². The van der Waals surface area contributed by atoms with Crippen LogP contribution in [0.3, 0.4) is 0 Å². The van der Waals surface area contributed by atoms with E-state index in [0.29, 0.717) is 119 Å². The zero-order valence-electron chi connectivity index (χ0n) is 41.9. The minimum Gasteiger partial charge on any atom is -0.481 e. The van der Waals surface area contributed by atoms with Gasteiger partial charge in [-0.15, -0.1) is 0 Å². The minimum atomic E-state index is -4.44. The van der Waals surface area contributed by atoms with Crippen LogP contribution in [-0.4, -0.2) is 154 Å². The third kappa shape index (κ3) is 18.4. The van der Waals surface area contributed by atoms with Crippen LogP contribution >= 0.6 is 21.1 Å². The fourth-order valence-corrected chi connectivity index (χ4v) is 10.7. The number of hydrogen-bond acceptors (Lipinski definition) is 14. The Morgan fingerprint density at radius 2 is 1.32 bits per heavy atom. The third-order valence-corrected chi connectivity index (χ3v) is 15.3. The number of anilines is 2. The van der Waals surface area contributed by atoms with Crippen LogP contribution in [0.25, 0.3) is 5.57 Å². The SMILES string of the molecule is COCCOCCOCCOCCN(CCOCCOCCOCCOC)c1ccc2c(c1)OI=C(c1ccccc1)C(C)=C2/C=C/C=C1\N(CCCCCC(=O)O)c2ccc(S(=O)(=O)O)cc2C1(C)C. The lowest BCUT2D eigenvalue weighted by Crippen LogP contribution is -2.31. The Hall–Kier alpha value is -4.06. The Labute approximate surface area is 430 Å². The molecule has 18 heteroatoms. The van der Waals surface area contributed by atoms with Crippen molar-refractivity contribution in [1.29, 1.82) is 0 Å². The molecule has 0 saturated carbocycles. The first kappa shape index (κ1) is 57.8. The van der Waals surface area contributed by atoms with Crippen LogP contribution in [0, 0.1) is 0 Å².